The fourth-order valence-electron chi connectivity index (χ4n) is 3.69. The molecular formula is C20H25N5O. The van der Waals surface area contributed by atoms with Crippen molar-refractivity contribution in [3.05, 3.63) is 54.4 Å². The lowest BCUT2D eigenvalue weighted by atomic mass is 9.94. The molecule has 0 N–H and O–H groups in total. The van der Waals surface area contributed by atoms with Gasteiger partial charge in [0.05, 0.1) is 0 Å². The van der Waals surface area contributed by atoms with Crippen molar-refractivity contribution in [1.29, 1.82) is 0 Å². The molecule has 0 spiro atoms. The molecule has 0 radical (unpaired) electrons. The molecule has 1 aromatic carbocycles. The summed E-state index contributed by atoms with van der Waals surface area (Å²) in [7, 11) is 2.07. The molecule has 3 aromatic rings. The van der Waals surface area contributed by atoms with Crippen molar-refractivity contribution in [3.8, 4) is 11.4 Å². The first-order valence-electron chi connectivity index (χ1n) is 9.34. The van der Waals surface area contributed by atoms with E-state index in [0.29, 0.717) is 11.7 Å². The maximum absolute atomic E-state index is 5.44. The van der Waals surface area contributed by atoms with Crippen molar-refractivity contribution in [2.24, 2.45) is 13.0 Å². The van der Waals surface area contributed by atoms with Crippen LogP contribution in [0.4, 0.5) is 0 Å². The minimum atomic E-state index is 0.673. The quantitative estimate of drug-likeness (QED) is 0.683. The van der Waals surface area contributed by atoms with Gasteiger partial charge in [-0.3, -0.25) is 0 Å². The summed E-state index contributed by atoms with van der Waals surface area (Å²) < 4.78 is 7.56. The monoisotopic (exact) mass is 351 g/mol. The van der Waals surface area contributed by atoms with E-state index in [4.69, 9.17) is 4.52 Å². The average Bonchev–Trinajstić information content (AvgIpc) is 3.31. The lowest BCUT2D eigenvalue weighted by Gasteiger charge is -2.32. The third kappa shape index (κ3) is 4.02. The largest absolute Gasteiger partial charge is 0.339 e. The Bertz CT molecular complexity index is 826. The number of aromatic nitrogens is 4. The molecule has 1 fully saturated rings. The molecule has 26 heavy (non-hydrogen) atoms. The van der Waals surface area contributed by atoms with Crippen molar-refractivity contribution in [2.75, 3.05) is 19.6 Å². The number of hydrogen-bond acceptors (Lipinski definition) is 5. The van der Waals surface area contributed by atoms with Crippen LogP contribution in [0.1, 0.15) is 24.6 Å². The summed E-state index contributed by atoms with van der Waals surface area (Å²) in [5, 5.41) is 4.11. The van der Waals surface area contributed by atoms with Gasteiger partial charge in [-0.05, 0) is 25.3 Å². The van der Waals surface area contributed by atoms with E-state index in [1.807, 2.05) is 42.7 Å². The standard InChI is InChI=1S/C20H25N5O/c1-24-13-10-21-18(24)14-16-6-5-11-25(15-16)12-9-19-22-20(23-26-19)17-7-3-2-4-8-17/h2-4,7-8,10,13,16H,5-6,9,11-12,14-15H2,1H3. The van der Waals surface area contributed by atoms with Crippen LogP contribution in [-0.4, -0.2) is 44.2 Å². The zero-order valence-corrected chi connectivity index (χ0v) is 15.2. The number of piperidine rings is 1. The molecule has 0 aliphatic carbocycles. The van der Waals surface area contributed by atoms with E-state index in [1.54, 1.807) is 0 Å². The van der Waals surface area contributed by atoms with Crippen molar-refractivity contribution in [1.82, 2.24) is 24.6 Å². The molecule has 1 unspecified atom stereocenters. The van der Waals surface area contributed by atoms with Crippen LogP contribution >= 0.6 is 0 Å². The number of rotatable bonds is 6. The van der Waals surface area contributed by atoms with E-state index in [2.05, 4.69) is 31.6 Å². The molecule has 0 amide bonds. The van der Waals surface area contributed by atoms with Gasteiger partial charge in [0.25, 0.3) is 0 Å². The normalized spacial score (nSPS) is 18.3. The molecule has 1 atom stereocenters. The smallest absolute Gasteiger partial charge is 0.228 e. The second-order valence-corrected chi connectivity index (χ2v) is 7.10. The number of benzene rings is 1. The van der Waals surface area contributed by atoms with Crippen LogP contribution in [0.5, 0.6) is 0 Å². The summed E-state index contributed by atoms with van der Waals surface area (Å²) >= 11 is 0. The first-order valence-corrected chi connectivity index (χ1v) is 9.34. The fraction of sp³-hybridized carbons (Fsp3) is 0.450. The number of nitrogens with zero attached hydrogens (tertiary/aromatic N) is 5. The molecule has 6 nitrogen and oxygen atoms in total. The van der Waals surface area contributed by atoms with Gasteiger partial charge in [0.2, 0.25) is 11.7 Å². The molecule has 1 saturated heterocycles. The van der Waals surface area contributed by atoms with Crippen molar-refractivity contribution < 1.29 is 4.52 Å². The molecule has 0 saturated carbocycles. The van der Waals surface area contributed by atoms with Crippen LogP contribution in [0.2, 0.25) is 0 Å². The molecule has 4 rings (SSSR count). The van der Waals surface area contributed by atoms with Crippen molar-refractivity contribution in [3.63, 3.8) is 0 Å². The Morgan fingerprint density at radius 2 is 2.12 bits per heavy atom. The van der Waals surface area contributed by atoms with Crippen LogP contribution in [0.15, 0.2) is 47.2 Å². The van der Waals surface area contributed by atoms with Crippen LogP contribution in [0.3, 0.4) is 0 Å². The zero-order valence-electron chi connectivity index (χ0n) is 15.2. The van der Waals surface area contributed by atoms with E-state index in [-0.39, 0.29) is 0 Å². The minimum Gasteiger partial charge on any atom is -0.339 e. The van der Waals surface area contributed by atoms with Crippen LogP contribution < -0.4 is 0 Å². The van der Waals surface area contributed by atoms with Gasteiger partial charge < -0.3 is 14.0 Å². The number of aryl methyl sites for hydroxylation is 1. The number of likely N-dealkylation sites (tertiary alicyclic amines) is 1. The van der Waals surface area contributed by atoms with Gasteiger partial charge in [-0.2, -0.15) is 4.98 Å². The Morgan fingerprint density at radius 3 is 2.92 bits per heavy atom. The highest BCUT2D eigenvalue weighted by Crippen LogP contribution is 2.21. The lowest BCUT2D eigenvalue weighted by Crippen LogP contribution is -2.37. The van der Waals surface area contributed by atoms with E-state index in [9.17, 15) is 0 Å². The topological polar surface area (TPSA) is 60.0 Å². The predicted molar refractivity (Wildman–Crippen MR) is 99.5 cm³/mol. The second kappa shape index (κ2) is 7.83. The third-order valence-electron chi connectivity index (χ3n) is 5.14. The molecule has 1 aliphatic heterocycles. The Kier molecular flexibility index (Phi) is 5.11. The average molecular weight is 351 g/mol. The van der Waals surface area contributed by atoms with Crippen molar-refractivity contribution >= 4 is 0 Å². The summed E-state index contributed by atoms with van der Waals surface area (Å²) in [6, 6.07) is 9.97. The van der Waals surface area contributed by atoms with E-state index in [1.165, 1.54) is 18.7 Å². The maximum atomic E-state index is 5.44. The Balaban J connectivity index is 1.30. The first kappa shape index (κ1) is 17.0. The van der Waals surface area contributed by atoms with Crippen LogP contribution in [-0.2, 0) is 19.9 Å². The van der Waals surface area contributed by atoms with Crippen molar-refractivity contribution in [2.45, 2.75) is 25.7 Å². The summed E-state index contributed by atoms with van der Waals surface area (Å²) in [6.45, 7) is 3.23. The Morgan fingerprint density at radius 1 is 1.23 bits per heavy atom. The molecule has 6 heteroatoms. The highest BCUT2D eigenvalue weighted by atomic mass is 16.5. The highest BCUT2D eigenvalue weighted by Gasteiger charge is 2.22. The zero-order chi connectivity index (χ0) is 17.8. The minimum absolute atomic E-state index is 0.673. The van der Waals surface area contributed by atoms with Gasteiger partial charge in [-0.15, -0.1) is 0 Å². The van der Waals surface area contributed by atoms with E-state index >= 15 is 0 Å². The van der Waals surface area contributed by atoms with Gasteiger partial charge >= 0.3 is 0 Å². The van der Waals surface area contributed by atoms with Gasteiger partial charge in [0.15, 0.2) is 0 Å². The summed E-state index contributed by atoms with van der Waals surface area (Å²) in [5.41, 5.74) is 0.996. The Hall–Kier alpha value is -2.47. The van der Waals surface area contributed by atoms with Crippen LogP contribution in [0.25, 0.3) is 11.4 Å². The van der Waals surface area contributed by atoms with Gasteiger partial charge in [0.1, 0.15) is 5.82 Å². The van der Waals surface area contributed by atoms with Gasteiger partial charge in [0, 0.05) is 50.9 Å². The summed E-state index contributed by atoms with van der Waals surface area (Å²) in [4.78, 5) is 11.5. The summed E-state index contributed by atoms with van der Waals surface area (Å²) in [5.74, 6) is 3.25. The third-order valence-corrected chi connectivity index (χ3v) is 5.14. The maximum Gasteiger partial charge on any atom is 0.228 e. The SMILES string of the molecule is Cn1ccnc1CC1CCCN(CCc2nc(-c3ccccc3)no2)C1. The van der Waals surface area contributed by atoms with E-state index < -0.39 is 0 Å². The van der Waals surface area contributed by atoms with Gasteiger partial charge in [-0.25, -0.2) is 4.98 Å². The second-order valence-electron chi connectivity index (χ2n) is 7.10. The molecule has 1 aliphatic rings. The predicted octanol–water partition coefficient (Wildman–Crippen LogP) is 2.97. The molecule has 136 valence electrons. The molecule has 2 aromatic heterocycles. The fourth-order valence-corrected chi connectivity index (χ4v) is 3.69. The number of imidazole rings is 1. The van der Waals surface area contributed by atoms with Crippen LogP contribution in [0, 0.1) is 5.92 Å². The Labute approximate surface area is 153 Å². The lowest BCUT2D eigenvalue weighted by molar-refractivity contribution is 0.170. The summed E-state index contributed by atoms with van der Waals surface area (Å²) in [6.07, 6.45) is 8.29. The van der Waals surface area contributed by atoms with Gasteiger partial charge in [-0.1, -0.05) is 35.5 Å². The first-order chi connectivity index (χ1) is 12.8. The van der Waals surface area contributed by atoms with E-state index in [0.717, 1.165) is 43.9 Å². The number of hydrogen-bond donors (Lipinski definition) is 0. The molecular weight excluding hydrogens is 326 g/mol. The molecule has 0 bridgehead atoms. The molecule has 3 heterocycles. The highest BCUT2D eigenvalue weighted by molar-refractivity contribution is 5.53.